The maximum absolute atomic E-state index is 10.9. The van der Waals surface area contributed by atoms with E-state index in [1.165, 1.54) is 6.26 Å². The molecule has 0 aliphatic carbocycles. The quantitative estimate of drug-likeness (QED) is 0.800. The van der Waals surface area contributed by atoms with Gasteiger partial charge in [0.2, 0.25) is 0 Å². The fourth-order valence-corrected chi connectivity index (χ4v) is 2.22. The molecule has 1 atom stereocenters. The molecule has 5 heteroatoms. The lowest BCUT2D eigenvalue weighted by atomic mass is 10.0. The van der Waals surface area contributed by atoms with Crippen molar-refractivity contribution in [3.8, 4) is 0 Å². The lowest BCUT2D eigenvalue weighted by molar-refractivity contribution is 0.577. The van der Waals surface area contributed by atoms with E-state index in [0.29, 0.717) is 6.42 Å². The van der Waals surface area contributed by atoms with E-state index in [1.54, 1.807) is 12.4 Å². The number of sulfone groups is 1. The summed E-state index contributed by atoms with van der Waals surface area (Å²) in [5.74, 6) is 0.219. The van der Waals surface area contributed by atoms with Crippen molar-refractivity contribution >= 4 is 9.84 Å². The number of aromatic nitrogens is 1. The maximum atomic E-state index is 10.9. The highest BCUT2D eigenvalue weighted by Gasteiger charge is 2.07. The Balaban J connectivity index is 2.29. The summed E-state index contributed by atoms with van der Waals surface area (Å²) in [6.45, 7) is 0. The van der Waals surface area contributed by atoms with Crippen LogP contribution in [0, 0.1) is 0 Å². The van der Waals surface area contributed by atoms with Gasteiger partial charge < -0.3 is 5.73 Å². The van der Waals surface area contributed by atoms with Gasteiger partial charge in [-0.25, -0.2) is 8.42 Å². The lowest BCUT2D eigenvalue weighted by Gasteiger charge is -2.10. The van der Waals surface area contributed by atoms with Gasteiger partial charge in [-0.1, -0.05) is 0 Å². The van der Waals surface area contributed by atoms with Crippen LogP contribution in [0.4, 0.5) is 0 Å². The second kappa shape index (κ2) is 5.96. The van der Waals surface area contributed by atoms with Crippen molar-refractivity contribution in [2.45, 2.75) is 25.3 Å². The first kappa shape index (κ1) is 13.1. The molecule has 0 aliphatic rings. The Labute approximate surface area is 96.8 Å². The number of hydrogen-bond donors (Lipinski definition) is 1. The normalized spacial score (nSPS) is 13.6. The third-order valence-electron chi connectivity index (χ3n) is 2.34. The van der Waals surface area contributed by atoms with Crippen LogP contribution >= 0.6 is 0 Å². The minimum absolute atomic E-state index is 0.0177. The molecule has 0 bridgehead atoms. The molecule has 1 aromatic rings. The average Bonchev–Trinajstić information content (AvgIpc) is 2.17. The number of hydrogen-bond acceptors (Lipinski definition) is 4. The Morgan fingerprint density at radius 2 is 2.00 bits per heavy atom. The Morgan fingerprint density at radius 3 is 2.56 bits per heavy atom. The molecule has 2 N–H and O–H groups in total. The molecule has 16 heavy (non-hydrogen) atoms. The van der Waals surface area contributed by atoms with E-state index >= 15 is 0 Å². The van der Waals surface area contributed by atoms with E-state index in [2.05, 4.69) is 4.98 Å². The average molecular weight is 242 g/mol. The Hall–Kier alpha value is -0.940. The molecule has 0 aromatic carbocycles. The Kier molecular flexibility index (Phi) is 4.89. The van der Waals surface area contributed by atoms with Gasteiger partial charge in [-0.3, -0.25) is 4.98 Å². The van der Waals surface area contributed by atoms with Crippen molar-refractivity contribution in [3.05, 3.63) is 30.1 Å². The van der Waals surface area contributed by atoms with E-state index in [1.807, 2.05) is 12.1 Å². The molecule has 0 spiro atoms. The molecule has 0 aliphatic heterocycles. The lowest BCUT2D eigenvalue weighted by Crippen LogP contribution is -2.23. The van der Waals surface area contributed by atoms with Crippen LogP contribution in [-0.4, -0.2) is 31.5 Å². The molecular formula is C11H18N2O2S. The van der Waals surface area contributed by atoms with E-state index in [9.17, 15) is 8.42 Å². The Bertz CT molecular complexity index is 403. The monoisotopic (exact) mass is 242 g/mol. The van der Waals surface area contributed by atoms with Crippen LogP contribution in [0.15, 0.2) is 24.5 Å². The second-order valence-corrected chi connectivity index (χ2v) is 6.35. The van der Waals surface area contributed by atoms with Crippen molar-refractivity contribution in [1.82, 2.24) is 4.98 Å². The van der Waals surface area contributed by atoms with Crippen LogP contribution < -0.4 is 5.73 Å². The van der Waals surface area contributed by atoms with Crippen LogP contribution in [-0.2, 0) is 16.3 Å². The van der Waals surface area contributed by atoms with Gasteiger partial charge in [0.1, 0.15) is 9.84 Å². The first-order chi connectivity index (χ1) is 7.47. The molecule has 0 radical (unpaired) electrons. The molecule has 90 valence electrons. The van der Waals surface area contributed by atoms with Crippen molar-refractivity contribution in [1.29, 1.82) is 0 Å². The summed E-state index contributed by atoms with van der Waals surface area (Å²) in [5, 5.41) is 0. The van der Waals surface area contributed by atoms with Gasteiger partial charge in [-0.05, 0) is 37.0 Å². The molecule has 1 unspecified atom stereocenters. The fraction of sp³-hybridized carbons (Fsp3) is 0.545. The van der Waals surface area contributed by atoms with Gasteiger partial charge in [-0.15, -0.1) is 0 Å². The molecular weight excluding hydrogens is 224 g/mol. The SMILES string of the molecule is CS(=O)(=O)CCCC(N)Cc1ccncc1. The van der Waals surface area contributed by atoms with E-state index in [-0.39, 0.29) is 11.8 Å². The standard InChI is InChI=1S/C11H18N2O2S/c1-16(14,15)8-2-3-11(12)9-10-4-6-13-7-5-10/h4-7,11H,2-3,8-9,12H2,1H3. The van der Waals surface area contributed by atoms with Crippen molar-refractivity contribution in [2.24, 2.45) is 5.73 Å². The summed E-state index contributed by atoms with van der Waals surface area (Å²) >= 11 is 0. The topological polar surface area (TPSA) is 73.0 Å². The smallest absolute Gasteiger partial charge is 0.147 e. The molecule has 0 fully saturated rings. The third-order valence-corrected chi connectivity index (χ3v) is 3.37. The van der Waals surface area contributed by atoms with Crippen molar-refractivity contribution in [3.63, 3.8) is 0 Å². The summed E-state index contributed by atoms with van der Waals surface area (Å²) in [5.41, 5.74) is 7.06. The predicted octanol–water partition coefficient (Wildman–Crippen LogP) is 0.776. The molecule has 1 rings (SSSR count). The van der Waals surface area contributed by atoms with Crippen molar-refractivity contribution < 1.29 is 8.42 Å². The van der Waals surface area contributed by atoms with Gasteiger partial charge in [-0.2, -0.15) is 0 Å². The summed E-state index contributed by atoms with van der Waals surface area (Å²) < 4.78 is 21.8. The minimum atomic E-state index is -2.86. The van der Waals surface area contributed by atoms with Gasteiger partial charge >= 0.3 is 0 Å². The number of nitrogens with two attached hydrogens (primary N) is 1. The van der Waals surface area contributed by atoms with Gasteiger partial charge in [0, 0.05) is 30.4 Å². The maximum Gasteiger partial charge on any atom is 0.147 e. The first-order valence-corrected chi connectivity index (χ1v) is 7.35. The van der Waals surface area contributed by atoms with Crippen LogP contribution in [0.2, 0.25) is 0 Å². The zero-order valence-corrected chi connectivity index (χ0v) is 10.3. The summed E-state index contributed by atoms with van der Waals surface area (Å²) in [6.07, 6.45) is 6.85. The molecule has 0 amide bonds. The minimum Gasteiger partial charge on any atom is -0.327 e. The van der Waals surface area contributed by atoms with Crippen LogP contribution in [0.1, 0.15) is 18.4 Å². The highest BCUT2D eigenvalue weighted by Crippen LogP contribution is 2.05. The van der Waals surface area contributed by atoms with E-state index in [4.69, 9.17) is 5.73 Å². The van der Waals surface area contributed by atoms with Crippen LogP contribution in [0.3, 0.4) is 0 Å². The van der Waals surface area contributed by atoms with E-state index < -0.39 is 9.84 Å². The van der Waals surface area contributed by atoms with Gasteiger partial charge in [0.25, 0.3) is 0 Å². The third kappa shape index (κ3) is 5.82. The summed E-state index contributed by atoms with van der Waals surface area (Å²) in [4.78, 5) is 3.93. The van der Waals surface area contributed by atoms with E-state index in [0.717, 1.165) is 18.4 Å². The summed E-state index contributed by atoms with van der Waals surface area (Å²) in [7, 11) is -2.86. The zero-order valence-electron chi connectivity index (χ0n) is 9.46. The Morgan fingerprint density at radius 1 is 1.38 bits per heavy atom. The summed E-state index contributed by atoms with van der Waals surface area (Å²) in [6, 6.07) is 3.87. The van der Waals surface area contributed by atoms with Gasteiger partial charge in [0.15, 0.2) is 0 Å². The molecule has 0 saturated heterocycles. The largest absolute Gasteiger partial charge is 0.327 e. The molecule has 1 heterocycles. The molecule has 0 saturated carbocycles. The number of rotatable bonds is 6. The highest BCUT2D eigenvalue weighted by atomic mass is 32.2. The van der Waals surface area contributed by atoms with Gasteiger partial charge in [0.05, 0.1) is 0 Å². The second-order valence-electron chi connectivity index (χ2n) is 4.09. The van der Waals surface area contributed by atoms with Crippen LogP contribution in [0.5, 0.6) is 0 Å². The predicted molar refractivity (Wildman–Crippen MR) is 64.9 cm³/mol. The number of nitrogens with zero attached hydrogens (tertiary/aromatic N) is 1. The highest BCUT2D eigenvalue weighted by molar-refractivity contribution is 7.90. The fourth-order valence-electron chi connectivity index (χ4n) is 1.53. The molecule has 4 nitrogen and oxygen atoms in total. The van der Waals surface area contributed by atoms with Crippen molar-refractivity contribution in [2.75, 3.05) is 12.0 Å². The van der Waals surface area contributed by atoms with Crippen LogP contribution in [0.25, 0.3) is 0 Å². The zero-order chi connectivity index (χ0) is 12.0. The first-order valence-electron chi connectivity index (χ1n) is 5.29. The molecule has 1 aromatic heterocycles. The number of pyridine rings is 1.